The van der Waals surface area contributed by atoms with Gasteiger partial charge in [0.15, 0.2) is 17.8 Å². The number of aromatic nitrogens is 1. The van der Waals surface area contributed by atoms with Crippen molar-refractivity contribution in [3.63, 3.8) is 0 Å². The van der Waals surface area contributed by atoms with Gasteiger partial charge in [-0.25, -0.2) is 4.39 Å². The largest absolute Gasteiger partial charge is 0.618 e. The Morgan fingerprint density at radius 2 is 1.94 bits per heavy atom. The minimum Gasteiger partial charge on any atom is -0.618 e. The van der Waals surface area contributed by atoms with Crippen LogP contribution in [0.15, 0.2) is 54.3 Å². The average Bonchev–Trinajstić information content (AvgIpc) is 2.79. The third kappa shape index (κ3) is 4.74. The predicted molar refractivity (Wildman–Crippen MR) is 124 cm³/mol. The van der Waals surface area contributed by atoms with Crippen LogP contribution in [0, 0.1) is 11.0 Å². The van der Waals surface area contributed by atoms with Gasteiger partial charge in [0.1, 0.15) is 5.69 Å². The van der Waals surface area contributed by atoms with E-state index in [1.165, 1.54) is 30.4 Å². The highest BCUT2D eigenvalue weighted by atomic mass is 19.1. The summed E-state index contributed by atoms with van der Waals surface area (Å²) in [6.45, 7) is 6.08. The maximum atomic E-state index is 15.3. The summed E-state index contributed by atoms with van der Waals surface area (Å²) < 4.78 is 21.8. The number of nitrogens with one attached hydrogen (secondary N) is 1. The predicted octanol–water partition coefficient (Wildman–Crippen LogP) is 2.18. The average molecular weight is 465 g/mol. The van der Waals surface area contributed by atoms with E-state index in [0.717, 1.165) is 18.3 Å². The van der Waals surface area contributed by atoms with Crippen LogP contribution in [0.5, 0.6) is 5.75 Å². The van der Waals surface area contributed by atoms with E-state index in [9.17, 15) is 19.6 Å². The topological polar surface area (TPSA) is 103 Å². The Kier molecular flexibility index (Phi) is 6.56. The van der Waals surface area contributed by atoms with Crippen molar-refractivity contribution in [2.75, 3.05) is 31.1 Å². The van der Waals surface area contributed by atoms with Crippen molar-refractivity contribution in [1.82, 2.24) is 5.32 Å². The van der Waals surface area contributed by atoms with E-state index in [2.05, 4.69) is 5.32 Å². The highest BCUT2D eigenvalue weighted by Gasteiger charge is 2.28. The summed E-state index contributed by atoms with van der Waals surface area (Å²) in [5, 5.41) is 16.5. The lowest BCUT2D eigenvalue weighted by Gasteiger charge is -2.31. The van der Waals surface area contributed by atoms with E-state index in [1.807, 2.05) is 4.90 Å². The second-order valence-electron chi connectivity index (χ2n) is 8.34. The first-order chi connectivity index (χ1) is 16.2. The molecule has 0 radical (unpaired) electrons. The number of carbonyl (C=O) groups excluding carboxylic acids is 3. The van der Waals surface area contributed by atoms with Gasteiger partial charge in [0, 0.05) is 26.2 Å². The molecular weight excluding hydrogens is 441 g/mol. The molecule has 2 aromatic rings. The fourth-order valence-electron chi connectivity index (χ4n) is 3.92. The van der Waals surface area contributed by atoms with Gasteiger partial charge in [-0.2, -0.15) is 4.73 Å². The Hall–Kier alpha value is -3.85. The number of hydrogen-bond donors (Lipinski definition) is 1. The molecule has 2 aliphatic rings. The van der Waals surface area contributed by atoms with Gasteiger partial charge in [0.25, 0.3) is 5.52 Å². The fourth-order valence-corrected chi connectivity index (χ4v) is 3.92. The van der Waals surface area contributed by atoms with E-state index >= 15 is 4.39 Å². The zero-order chi connectivity index (χ0) is 24.4. The molecule has 1 aliphatic heterocycles. The van der Waals surface area contributed by atoms with E-state index in [1.54, 1.807) is 13.8 Å². The lowest BCUT2D eigenvalue weighted by molar-refractivity contribution is -0.577. The van der Waals surface area contributed by atoms with Crippen LogP contribution in [0.25, 0.3) is 10.9 Å². The molecular formula is C25H24FN3O5. The third-order valence-corrected chi connectivity index (χ3v) is 5.47. The lowest BCUT2D eigenvalue weighted by Crippen LogP contribution is -2.44. The van der Waals surface area contributed by atoms with Crippen LogP contribution in [-0.4, -0.2) is 49.6 Å². The second-order valence-corrected chi connectivity index (χ2v) is 8.34. The fraction of sp³-hybridized carbons (Fsp3) is 0.280. The Labute approximate surface area is 195 Å². The standard InChI is InChI=1S/C25H24FN3O5/c1-15(2)34-25-23-17(13-19(26)24(25)28-9-7-27-8-10-28)12-18(14-29(23)33)20(30)5-3-16-4-6-21(31)22(32)11-16/h3-6,11-15,27H,7-10H2,1-2H3. The van der Waals surface area contributed by atoms with E-state index in [0.29, 0.717) is 36.5 Å². The highest BCUT2D eigenvalue weighted by molar-refractivity contribution is 6.46. The van der Waals surface area contributed by atoms with Gasteiger partial charge in [-0.15, -0.1) is 0 Å². The number of ether oxygens (including phenoxy) is 1. The number of anilines is 1. The van der Waals surface area contributed by atoms with Crippen molar-refractivity contribution >= 4 is 33.9 Å². The van der Waals surface area contributed by atoms with Gasteiger partial charge in [-0.05, 0) is 49.8 Å². The summed E-state index contributed by atoms with van der Waals surface area (Å²) in [6, 6.07) is 2.68. The molecule has 0 atom stereocenters. The van der Waals surface area contributed by atoms with Gasteiger partial charge < -0.3 is 20.2 Å². The third-order valence-electron chi connectivity index (χ3n) is 5.47. The van der Waals surface area contributed by atoms with E-state index in [4.69, 9.17) is 4.74 Å². The van der Waals surface area contributed by atoms with E-state index < -0.39 is 23.2 Å². The number of benzene rings is 1. The summed E-state index contributed by atoms with van der Waals surface area (Å²) in [5.41, 5.74) is 0.812. The molecule has 0 spiro atoms. The lowest BCUT2D eigenvalue weighted by atomic mass is 10.0. The Morgan fingerprint density at radius 1 is 1.21 bits per heavy atom. The minimum atomic E-state index is -0.675. The first-order valence-corrected chi connectivity index (χ1v) is 11.0. The van der Waals surface area contributed by atoms with Crippen LogP contribution in [0.1, 0.15) is 24.2 Å². The first kappa shape index (κ1) is 23.3. The highest BCUT2D eigenvalue weighted by Crippen LogP contribution is 2.38. The molecule has 8 nitrogen and oxygen atoms in total. The van der Waals surface area contributed by atoms with Gasteiger partial charge in [0.2, 0.25) is 17.3 Å². The van der Waals surface area contributed by atoms with Crippen LogP contribution < -0.4 is 19.7 Å². The zero-order valence-corrected chi connectivity index (χ0v) is 18.8. The molecule has 1 aromatic carbocycles. The number of rotatable bonds is 6. The molecule has 0 unspecified atom stereocenters. The van der Waals surface area contributed by atoms with Gasteiger partial charge >= 0.3 is 0 Å². The number of ketones is 3. The molecule has 176 valence electrons. The van der Waals surface area contributed by atoms with Crippen LogP contribution in [-0.2, 0) is 9.59 Å². The van der Waals surface area contributed by atoms with Crippen molar-refractivity contribution in [1.29, 1.82) is 0 Å². The molecule has 0 saturated carbocycles. The van der Waals surface area contributed by atoms with Gasteiger partial charge in [-0.1, -0.05) is 12.2 Å². The van der Waals surface area contributed by atoms with Crippen molar-refractivity contribution in [3.05, 3.63) is 70.9 Å². The minimum absolute atomic E-state index is 0.0476. The summed E-state index contributed by atoms with van der Waals surface area (Å²) in [6.07, 6.45) is 7.07. The molecule has 1 aliphatic carbocycles. The number of piperazine rings is 1. The Bertz CT molecular complexity index is 1270. The van der Waals surface area contributed by atoms with Crippen molar-refractivity contribution in [2.24, 2.45) is 0 Å². The number of fused-ring (bicyclic) bond motifs is 1. The van der Waals surface area contributed by atoms with Gasteiger partial charge in [-0.3, -0.25) is 14.4 Å². The Balaban J connectivity index is 1.74. The number of pyridine rings is 1. The maximum Gasteiger partial charge on any atom is 0.268 e. The first-order valence-electron chi connectivity index (χ1n) is 11.0. The van der Waals surface area contributed by atoms with Crippen LogP contribution in [0.4, 0.5) is 10.1 Å². The molecule has 2 heterocycles. The SMILES string of the molecule is CC(C)Oc1c(N2CCNCC2)c(F)cc2cc(C(=O)C=CC3=CC(=O)C(=O)C=C3)c[n+]([O-])c12. The number of allylic oxidation sites excluding steroid dienone is 6. The smallest absolute Gasteiger partial charge is 0.268 e. The molecule has 34 heavy (non-hydrogen) atoms. The van der Waals surface area contributed by atoms with E-state index in [-0.39, 0.29) is 34.0 Å². The summed E-state index contributed by atoms with van der Waals surface area (Å²) in [7, 11) is 0. The molecule has 1 fully saturated rings. The Morgan fingerprint density at radius 3 is 2.62 bits per heavy atom. The van der Waals surface area contributed by atoms with Crippen molar-refractivity contribution in [3.8, 4) is 5.75 Å². The monoisotopic (exact) mass is 465 g/mol. The molecule has 1 N–H and O–H groups in total. The van der Waals surface area contributed by atoms with Crippen LogP contribution in [0.3, 0.4) is 0 Å². The molecule has 1 saturated heterocycles. The molecule has 9 heteroatoms. The normalized spacial score (nSPS) is 16.6. The molecule has 1 aromatic heterocycles. The zero-order valence-electron chi connectivity index (χ0n) is 18.8. The van der Waals surface area contributed by atoms with Gasteiger partial charge in [0.05, 0.1) is 17.1 Å². The number of nitrogens with zero attached hydrogens (tertiary/aromatic N) is 2. The number of hydrogen-bond acceptors (Lipinski definition) is 7. The quantitative estimate of drug-likeness (QED) is 0.174. The molecule has 0 bridgehead atoms. The molecule has 0 amide bonds. The summed E-state index contributed by atoms with van der Waals surface area (Å²) >= 11 is 0. The van der Waals surface area contributed by atoms with Crippen LogP contribution in [0.2, 0.25) is 0 Å². The number of carbonyl (C=O) groups is 3. The number of halogens is 1. The summed E-state index contributed by atoms with van der Waals surface area (Å²) in [5.74, 6) is -2.20. The van der Waals surface area contributed by atoms with Crippen molar-refractivity contribution in [2.45, 2.75) is 20.0 Å². The van der Waals surface area contributed by atoms with Crippen molar-refractivity contribution < 1.29 is 28.2 Å². The molecule has 4 rings (SSSR count). The second kappa shape index (κ2) is 9.56. The maximum absolute atomic E-state index is 15.3. The van der Waals surface area contributed by atoms with Crippen LogP contribution >= 0.6 is 0 Å². The summed E-state index contributed by atoms with van der Waals surface area (Å²) in [4.78, 5) is 37.3.